The van der Waals surface area contributed by atoms with Gasteiger partial charge in [-0.2, -0.15) is 0 Å². The van der Waals surface area contributed by atoms with E-state index in [9.17, 15) is 9.90 Å². The fourth-order valence-corrected chi connectivity index (χ4v) is 3.21. The summed E-state index contributed by atoms with van der Waals surface area (Å²) in [6.45, 7) is 4.29. The lowest BCUT2D eigenvalue weighted by Crippen LogP contribution is -2.33. The van der Waals surface area contributed by atoms with Crippen molar-refractivity contribution in [2.45, 2.75) is 45.6 Å². The Bertz CT molecular complexity index is 482. The molecular weight excluding hydrogens is 276 g/mol. The number of hydrogen-bond donors (Lipinski definition) is 2. The Kier molecular flexibility index (Phi) is 5.00. The fourth-order valence-electron chi connectivity index (χ4n) is 2.84. The average Bonchev–Trinajstić information content (AvgIpc) is 2.35. The standard InChI is InChI=1S/C15H21ClN2O2/c1-9-6-10(2)18-14(16)13(9)15(20)17-8-11-4-3-5-12(19)7-11/h6,11-12,19H,3-5,7-8H2,1-2H3,(H,17,20). The lowest BCUT2D eigenvalue weighted by molar-refractivity contribution is 0.0873. The third-order valence-electron chi connectivity index (χ3n) is 3.83. The monoisotopic (exact) mass is 296 g/mol. The van der Waals surface area contributed by atoms with Crippen LogP contribution in [0.1, 0.15) is 47.3 Å². The first-order valence-corrected chi connectivity index (χ1v) is 7.45. The number of rotatable bonds is 3. The maximum absolute atomic E-state index is 12.2. The molecule has 1 aromatic heterocycles. The van der Waals surface area contributed by atoms with Gasteiger partial charge in [0, 0.05) is 12.2 Å². The van der Waals surface area contributed by atoms with Crippen LogP contribution >= 0.6 is 11.6 Å². The summed E-state index contributed by atoms with van der Waals surface area (Å²) in [7, 11) is 0. The molecule has 5 heteroatoms. The van der Waals surface area contributed by atoms with Crippen molar-refractivity contribution in [2.75, 3.05) is 6.54 Å². The van der Waals surface area contributed by atoms with Crippen molar-refractivity contribution in [1.29, 1.82) is 0 Å². The molecule has 1 aromatic rings. The zero-order chi connectivity index (χ0) is 14.7. The first-order chi connectivity index (χ1) is 9.47. The zero-order valence-corrected chi connectivity index (χ0v) is 12.7. The summed E-state index contributed by atoms with van der Waals surface area (Å²) in [5, 5.41) is 12.8. The summed E-state index contributed by atoms with van der Waals surface area (Å²) in [6.07, 6.45) is 3.48. The summed E-state index contributed by atoms with van der Waals surface area (Å²) in [6, 6.07) is 1.85. The number of aryl methyl sites for hydroxylation is 2. The molecule has 0 spiro atoms. The van der Waals surface area contributed by atoms with Crippen LogP contribution in [-0.4, -0.2) is 28.6 Å². The van der Waals surface area contributed by atoms with Crippen molar-refractivity contribution in [3.63, 3.8) is 0 Å². The largest absolute Gasteiger partial charge is 0.393 e. The van der Waals surface area contributed by atoms with Crippen molar-refractivity contribution in [3.05, 3.63) is 28.0 Å². The smallest absolute Gasteiger partial charge is 0.254 e. The Morgan fingerprint density at radius 3 is 2.90 bits per heavy atom. The second-order valence-electron chi connectivity index (χ2n) is 5.64. The van der Waals surface area contributed by atoms with Gasteiger partial charge in [-0.25, -0.2) is 4.98 Å². The molecule has 20 heavy (non-hydrogen) atoms. The van der Waals surface area contributed by atoms with E-state index in [4.69, 9.17) is 11.6 Å². The predicted octanol–water partition coefficient (Wildman–Crippen LogP) is 2.63. The van der Waals surface area contributed by atoms with E-state index in [2.05, 4.69) is 10.3 Å². The van der Waals surface area contributed by atoms with E-state index >= 15 is 0 Å². The maximum atomic E-state index is 12.2. The van der Waals surface area contributed by atoms with Gasteiger partial charge in [0.2, 0.25) is 0 Å². The number of pyridine rings is 1. The molecule has 0 bridgehead atoms. The quantitative estimate of drug-likeness (QED) is 0.843. The first-order valence-electron chi connectivity index (χ1n) is 7.07. The third kappa shape index (κ3) is 3.70. The molecule has 2 N–H and O–H groups in total. The molecule has 0 aromatic carbocycles. The van der Waals surface area contributed by atoms with Crippen molar-refractivity contribution in [1.82, 2.24) is 10.3 Å². The van der Waals surface area contributed by atoms with Gasteiger partial charge in [-0.05, 0) is 50.7 Å². The molecule has 1 fully saturated rings. The number of nitrogens with zero attached hydrogens (tertiary/aromatic N) is 1. The van der Waals surface area contributed by atoms with Crippen LogP contribution in [0.2, 0.25) is 5.15 Å². The Morgan fingerprint density at radius 1 is 1.50 bits per heavy atom. The van der Waals surface area contributed by atoms with Gasteiger partial charge in [-0.15, -0.1) is 0 Å². The molecule has 0 radical (unpaired) electrons. The molecule has 1 heterocycles. The average molecular weight is 297 g/mol. The molecule has 1 aliphatic rings. The van der Waals surface area contributed by atoms with Crippen molar-refractivity contribution >= 4 is 17.5 Å². The highest BCUT2D eigenvalue weighted by atomic mass is 35.5. The molecule has 1 amide bonds. The molecule has 1 aliphatic carbocycles. The van der Waals surface area contributed by atoms with E-state index in [1.165, 1.54) is 0 Å². The predicted molar refractivity (Wildman–Crippen MR) is 79.0 cm³/mol. The van der Waals surface area contributed by atoms with Gasteiger partial charge in [0.25, 0.3) is 5.91 Å². The second-order valence-corrected chi connectivity index (χ2v) is 6.00. The molecule has 110 valence electrons. The molecular formula is C15H21ClN2O2. The van der Waals surface area contributed by atoms with E-state index in [1.54, 1.807) is 0 Å². The number of aliphatic hydroxyl groups excluding tert-OH is 1. The Morgan fingerprint density at radius 2 is 2.25 bits per heavy atom. The summed E-state index contributed by atoms with van der Waals surface area (Å²) in [4.78, 5) is 16.4. The highest BCUT2D eigenvalue weighted by Crippen LogP contribution is 2.24. The highest BCUT2D eigenvalue weighted by molar-refractivity contribution is 6.32. The lowest BCUT2D eigenvalue weighted by atomic mass is 9.87. The van der Waals surface area contributed by atoms with Crippen molar-refractivity contribution in [3.8, 4) is 0 Å². The van der Waals surface area contributed by atoms with E-state index in [1.807, 2.05) is 19.9 Å². The van der Waals surface area contributed by atoms with Crippen LogP contribution in [0, 0.1) is 19.8 Å². The molecule has 2 unspecified atom stereocenters. The summed E-state index contributed by atoms with van der Waals surface area (Å²) in [5.41, 5.74) is 2.09. The minimum atomic E-state index is -0.225. The van der Waals surface area contributed by atoms with Crippen molar-refractivity contribution < 1.29 is 9.90 Å². The van der Waals surface area contributed by atoms with Gasteiger partial charge >= 0.3 is 0 Å². The molecule has 1 saturated carbocycles. The number of aromatic nitrogens is 1. The van der Waals surface area contributed by atoms with Gasteiger partial charge in [-0.1, -0.05) is 18.0 Å². The number of aliphatic hydroxyl groups is 1. The normalized spacial score (nSPS) is 22.6. The maximum Gasteiger partial charge on any atom is 0.254 e. The molecule has 2 rings (SSSR count). The Hall–Kier alpha value is -1.13. The Balaban J connectivity index is 1.98. The van der Waals surface area contributed by atoms with Crippen LogP contribution in [0.15, 0.2) is 6.07 Å². The molecule has 4 nitrogen and oxygen atoms in total. The van der Waals surface area contributed by atoms with Crippen LogP contribution < -0.4 is 5.32 Å². The van der Waals surface area contributed by atoms with Crippen molar-refractivity contribution in [2.24, 2.45) is 5.92 Å². The van der Waals surface area contributed by atoms with Crippen LogP contribution in [0.5, 0.6) is 0 Å². The topological polar surface area (TPSA) is 62.2 Å². The lowest BCUT2D eigenvalue weighted by Gasteiger charge is -2.26. The number of carbonyl (C=O) groups excluding carboxylic acids is 1. The molecule has 0 saturated heterocycles. The van der Waals surface area contributed by atoms with Crippen LogP contribution in [0.4, 0.5) is 0 Å². The van der Waals surface area contributed by atoms with E-state index in [-0.39, 0.29) is 17.2 Å². The second kappa shape index (κ2) is 6.55. The number of halogens is 1. The number of hydrogen-bond acceptors (Lipinski definition) is 3. The van der Waals surface area contributed by atoms with E-state index < -0.39 is 0 Å². The summed E-state index contributed by atoms with van der Waals surface area (Å²) < 4.78 is 0. The van der Waals surface area contributed by atoms with Crippen LogP contribution in [0.25, 0.3) is 0 Å². The molecule has 2 atom stereocenters. The minimum Gasteiger partial charge on any atom is -0.393 e. The number of amides is 1. The van der Waals surface area contributed by atoms with E-state index in [0.29, 0.717) is 18.0 Å². The fraction of sp³-hybridized carbons (Fsp3) is 0.600. The van der Waals surface area contributed by atoms with E-state index in [0.717, 1.165) is 36.9 Å². The zero-order valence-electron chi connectivity index (χ0n) is 11.9. The summed E-state index contributed by atoms with van der Waals surface area (Å²) in [5.74, 6) is 0.167. The highest BCUT2D eigenvalue weighted by Gasteiger charge is 2.22. The molecule has 0 aliphatic heterocycles. The van der Waals surface area contributed by atoms with Crippen LogP contribution in [-0.2, 0) is 0 Å². The van der Waals surface area contributed by atoms with Gasteiger partial charge in [0.15, 0.2) is 0 Å². The van der Waals surface area contributed by atoms with Gasteiger partial charge in [0.05, 0.1) is 11.7 Å². The first kappa shape index (κ1) is 15.3. The van der Waals surface area contributed by atoms with Gasteiger partial charge in [-0.3, -0.25) is 4.79 Å². The number of nitrogens with one attached hydrogen (secondary N) is 1. The third-order valence-corrected chi connectivity index (χ3v) is 4.11. The number of carbonyl (C=O) groups is 1. The summed E-state index contributed by atoms with van der Waals surface area (Å²) >= 11 is 6.06. The van der Waals surface area contributed by atoms with Gasteiger partial charge in [0.1, 0.15) is 5.15 Å². The Labute approximate surface area is 124 Å². The minimum absolute atomic E-state index is 0.180. The van der Waals surface area contributed by atoms with Gasteiger partial charge < -0.3 is 10.4 Å². The van der Waals surface area contributed by atoms with Crippen LogP contribution in [0.3, 0.4) is 0 Å². The SMILES string of the molecule is Cc1cc(C)c(C(=O)NCC2CCCC(O)C2)c(Cl)n1.